The fourth-order valence-electron chi connectivity index (χ4n) is 0.901. The quantitative estimate of drug-likeness (QED) is 0.535. The Hall–Kier alpha value is -1.10. The average Bonchev–Trinajstić information content (AvgIpc) is 2.16. The molecule has 0 aromatic carbocycles. The smallest absolute Gasteiger partial charge is 0.236 e. The van der Waals surface area contributed by atoms with Crippen LogP contribution in [0.2, 0.25) is 0 Å². The molecule has 2 amide bonds. The highest BCUT2D eigenvalue weighted by atomic mass is 16.2. The van der Waals surface area contributed by atoms with E-state index in [1.807, 2.05) is 13.8 Å². The number of hydrogen-bond donors (Lipinski definition) is 3. The van der Waals surface area contributed by atoms with Crippen molar-refractivity contribution in [3.63, 3.8) is 0 Å². The molecule has 5 heteroatoms. The van der Waals surface area contributed by atoms with Crippen molar-refractivity contribution in [1.29, 1.82) is 0 Å². The van der Waals surface area contributed by atoms with Gasteiger partial charge in [0.05, 0.1) is 6.04 Å². The molecule has 14 heavy (non-hydrogen) atoms. The third-order valence-corrected chi connectivity index (χ3v) is 1.80. The summed E-state index contributed by atoms with van der Waals surface area (Å²) in [5.74, 6) is -0.255. The maximum absolute atomic E-state index is 11.1. The van der Waals surface area contributed by atoms with E-state index in [0.717, 1.165) is 0 Å². The summed E-state index contributed by atoms with van der Waals surface area (Å²) in [6.07, 6.45) is 0.906. The summed E-state index contributed by atoms with van der Waals surface area (Å²) >= 11 is 0. The molecular formula is C9H19N3O2. The molecule has 0 heterocycles. The second kappa shape index (κ2) is 7.32. The van der Waals surface area contributed by atoms with Crippen LogP contribution >= 0.6 is 0 Å². The lowest BCUT2D eigenvalue weighted by Gasteiger charge is -2.09. The molecule has 0 rings (SSSR count). The minimum atomic E-state index is -0.468. The Bertz CT molecular complexity index is 194. The lowest BCUT2D eigenvalue weighted by molar-refractivity contribution is -0.123. The van der Waals surface area contributed by atoms with Gasteiger partial charge in [0.1, 0.15) is 0 Å². The van der Waals surface area contributed by atoms with Gasteiger partial charge in [-0.05, 0) is 13.3 Å². The highest BCUT2D eigenvalue weighted by Crippen LogP contribution is 1.85. The van der Waals surface area contributed by atoms with Crippen LogP contribution in [0.3, 0.4) is 0 Å². The Labute approximate surface area is 84.4 Å². The topological polar surface area (TPSA) is 84.2 Å². The van der Waals surface area contributed by atoms with E-state index in [-0.39, 0.29) is 11.8 Å². The summed E-state index contributed by atoms with van der Waals surface area (Å²) in [5.41, 5.74) is 5.48. The van der Waals surface area contributed by atoms with Crippen LogP contribution in [0.4, 0.5) is 0 Å². The molecule has 0 aliphatic rings. The Balaban J connectivity index is 3.54. The van der Waals surface area contributed by atoms with Gasteiger partial charge in [0, 0.05) is 19.5 Å². The lowest BCUT2D eigenvalue weighted by Crippen LogP contribution is -2.41. The monoisotopic (exact) mass is 201 g/mol. The summed E-state index contributed by atoms with van der Waals surface area (Å²) in [5, 5.41) is 5.24. The van der Waals surface area contributed by atoms with Gasteiger partial charge in [-0.1, -0.05) is 6.92 Å². The molecular weight excluding hydrogens is 182 g/mol. The first-order valence-electron chi connectivity index (χ1n) is 4.91. The summed E-state index contributed by atoms with van der Waals surface area (Å²) in [7, 11) is 0. The van der Waals surface area contributed by atoms with E-state index < -0.39 is 6.04 Å². The van der Waals surface area contributed by atoms with E-state index in [1.165, 1.54) is 0 Å². The molecule has 0 unspecified atom stereocenters. The molecule has 0 radical (unpaired) electrons. The molecule has 0 aliphatic heterocycles. The molecule has 0 spiro atoms. The van der Waals surface area contributed by atoms with Crippen molar-refractivity contribution in [2.75, 3.05) is 13.1 Å². The molecule has 0 aromatic heterocycles. The van der Waals surface area contributed by atoms with E-state index in [2.05, 4.69) is 10.6 Å². The molecule has 0 fully saturated rings. The zero-order chi connectivity index (χ0) is 11.0. The number of carbonyl (C=O) groups is 2. The summed E-state index contributed by atoms with van der Waals surface area (Å²) in [6, 6.07) is -0.468. The number of amides is 2. The molecule has 0 saturated heterocycles. The van der Waals surface area contributed by atoms with Gasteiger partial charge in [-0.2, -0.15) is 0 Å². The van der Waals surface area contributed by atoms with Crippen molar-refractivity contribution in [2.24, 2.45) is 5.73 Å². The Morgan fingerprint density at radius 1 is 1.29 bits per heavy atom. The third-order valence-electron chi connectivity index (χ3n) is 1.80. The van der Waals surface area contributed by atoms with Crippen LogP contribution in [0.5, 0.6) is 0 Å². The highest BCUT2D eigenvalue weighted by molar-refractivity contribution is 5.82. The predicted molar refractivity (Wildman–Crippen MR) is 54.6 cm³/mol. The number of nitrogens with one attached hydrogen (secondary N) is 2. The molecule has 1 atom stereocenters. The van der Waals surface area contributed by atoms with E-state index in [0.29, 0.717) is 25.9 Å². The maximum atomic E-state index is 11.1. The standard InChI is InChI=1S/C9H19N3O2/c1-3-7(10)9(14)12-6-5-8(13)11-4-2/h7H,3-6,10H2,1-2H3,(H,11,13)(H,12,14)/t7-/m1/s1. The molecule has 0 aliphatic carbocycles. The fraction of sp³-hybridized carbons (Fsp3) is 0.778. The largest absolute Gasteiger partial charge is 0.356 e. The molecule has 0 aromatic rings. The number of rotatable bonds is 6. The number of nitrogens with two attached hydrogens (primary N) is 1. The minimum absolute atomic E-state index is 0.0575. The van der Waals surface area contributed by atoms with Gasteiger partial charge < -0.3 is 16.4 Å². The second-order valence-corrected chi connectivity index (χ2v) is 3.01. The lowest BCUT2D eigenvalue weighted by atomic mass is 10.2. The molecule has 0 saturated carbocycles. The molecule has 0 bridgehead atoms. The van der Waals surface area contributed by atoms with Crippen LogP contribution in [-0.4, -0.2) is 30.9 Å². The Kier molecular flexibility index (Phi) is 6.74. The van der Waals surface area contributed by atoms with Crippen LogP contribution in [0.15, 0.2) is 0 Å². The second-order valence-electron chi connectivity index (χ2n) is 3.01. The van der Waals surface area contributed by atoms with Gasteiger partial charge in [0.15, 0.2) is 0 Å². The molecule has 5 nitrogen and oxygen atoms in total. The zero-order valence-electron chi connectivity index (χ0n) is 8.80. The highest BCUT2D eigenvalue weighted by Gasteiger charge is 2.10. The van der Waals surface area contributed by atoms with E-state index in [1.54, 1.807) is 0 Å². The van der Waals surface area contributed by atoms with Crippen LogP contribution in [0.1, 0.15) is 26.7 Å². The van der Waals surface area contributed by atoms with Crippen molar-refractivity contribution >= 4 is 11.8 Å². The summed E-state index contributed by atoms with van der Waals surface area (Å²) < 4.78 is 0. The zero-order valence-corrected chi connectivity index (χ0v) is 8.80. The van der Waals surface area contributed by atoms with Crippen molar-refractivity contribution in [3.05, 3.63) is 0 Å². The first kappa shape index (κ1) is 12.9. The normalized spacial score (nSPS) is 11.9. The number of carbonyl (C=O) groups excluding carboxylic acids is 2. The summed E-state index contributed by atoms with van der Waals surface area (Å²) in [4.78, 5) is 22.1. The van der Waals surface area contributed by atoms with Gasteiger partial charge in [-0.15, -0.1) is 0 Å². The van der Waals surface area contributed by atoms with Gasteiger partial charge in [-0.3, -0.25) is 9.59 Å². The van der Waals surface area contributed by atoms with Crippen molar-refractivity contribution in [2.45, 2.75) is 32.7 Å². The fourth-order valence-corrected chi connectivity index (χ4v) is 0.901. The van der Waals surface area contributed by atoms with Gasteiger partial charge in [0.2, 0.25) is 11.8 Å². The number of hydrogen-bond acceptors (Lipinski definition) is 3. The minimum Gasteiger partial charge on any atom is -0.356 e. The third kappa shape index (κ3) is 5.53. The van der Waals surface area contributed by atoms with Crippen LogP contribution in [0, 0.1) is 0 Å². The summed E-state index contributed by atoms with van der Waals surface area (Å²) in [6.45, 7) is 4.65. The van der Waals surface area contributed by atoms with Gasteiger partial charge >= 0.3 is 0 Å². The Morgan fingerprint density at radius 2 is 1.93 bits per heavy atom. The van der Waals surface area contributed by atoms with E-state index in [9.17, 15) is 9.59 Å². The first-order chi connectivity index (χ1) is 6.61. The van der Waals surface area contributed by atoms with Crippen molar-refractivity contribution in [1.82, 2.24) is 10.6 Å². The van der Waals surface area contributed by atoms with E-state index in [4.69, 9.17) is 5.73 Å². The average molecular weight is 201 g/mol. The van der Waals surface area contributed by atoms with Crippen LogP contribution < -0.4 is 16.4 Å². The first-order valence-corrected chi connectivity index (χ1v) is 4.91. The van der Waals surface area contributed by atoms with Gasteiger partial charge in [0.25, 0.3) is 0 Å². The maximum Gasteiger partial charge on any atom is 0.236 e. The predicted octanol–water partition coefficient (Wildman–Crippen LogP) is -0.634. The van der Waals surface area contributed by atoms with E-state index >= 15 is 0 Å². The van der Waals surface area contributed by atoms with Gasteiger partial charge in [-0.25, -0.2) is 0 Å². The molecule has 4 N–H and O–H groups in total. The van der Waals surface area contributed by atoms with Crippen LogP contribution in [-0.2, 0) is 9.59 Å². The Morgan fingerprint density at radius 3 is 2.43 bits per heavy atom. The van der Waals surface area contributed by atoms with Crippen molar-refractivity contribution in [3.8, 4) is 0 Å². The molecule has 82 valence electrons. The van der Waals surface area contributed by atoms with Crippen LogP contribution in [0.25, 0.3) is 0 Å². The van der Waals surface area contributed by atoms with Crippen molar-refractivity contribution < 1.29 is 9.59 Å². The SMILES string of the molecule is CCNC(=O)CCNC(=O)[C@H](N)CC.